The van der Waals surface area contributed by atoms with E-state index in [4.69, 9.17) is 9.47 Å². The second kappa shape index (κ2) is 7.72. The maximum atomic E-state index is 9.85. The quantitative estimate of drug-likeness (QED) is 0.834. The van der Waals surface area contributed by atoms with Gasteiger partial charge in [0.25, 0.3) is 0 Å². The van der Waals surface area contributed by atoms with Crippen molar-refractivity contribution in [2.45, 2.75) is 44.2 Å². The van der Waals surface area contributed by atoms with Crippen LogP contribution in [0.4, 0.5) is 0 Å². The largest absolute Gasteiger partial charge is 0.493 e. The van der Waals surface area contributed by atoms with Crippen molar-refractivity contribution in [2.75, 3.05) is 34.0 Å². The lowest BCUT2D eigenvalue weighted by atomic mass is 9.83. The summed E-state index contributed by atoms with van der Waals surface area (Å²) in [5, 5.41) is 19.7. The normalized spacial score (nSPS) is 22.0. The molecule has 1 heterocycles. The lowest BCUT2D eigenvalue weighted by molar-refractivity contribution is 0.0270. The molecule has 0 aromatic heterocycles. The van der Waals surface area contributed by atoms with E-state index >= 15 is 0 Å². The van der Waals surface area contributed by atoms with Gasteiger partial charge >= 0.3 is 0 Å². The van der Waals surface area contributed by atoms with Gasteiger partial charge in [0.15, 0.2) is 11.5 Å². The standard InChI is InChI=1S/C19H29NO4/c1-23-17-9-13-7-8-20(15-5-3-4-6-15)19(14(11-21)12-22)16(13)10-18(17)24-2/h9-10,14-15,19,21-22H,3-8,11-12H2,1-2H3. The van der Waals surface area contributed by atoms with Crippen molar-refractivity contribution in [1.82, 2.24) is 4.90 Å². The Hall–Kier alpha value is -1.30. The third kappa shape index (κ3) is 3.13. The van der Waals surface area contributed by atoms with Crippen molar-refractivity contribution in [1.29, 1.82) is 0 Å². The summed E-state index contributed by atoms with van der Waals surface area (Å²) in [5.41, 5.74) is 2.40. The number of hydrogen-bond donors (Lipinski definition) is 2. The van der Waals surface area contributed by atoms with E-state index in [9.17, 15) is 10.2 Å². The molecule has 0 amide bonds. The number of aliphatic hydroxyl groups excluding tert-OH is 2. The molecule has 0 radical (unpaired) electrons. The third-order valence-electron chi connectivity index (χ3n) is 5.67. The number of fused-ring (bicyclic) bond motifs is 1. The van der Waals surface area contributed by atoms with Gasteiger partial charge in [-0.1, -0.05) is 12.8 Å². The van der Waals surface area contributed by atoms with Crippen LogP contribution in [0.3, 0.4) is 0 Å². The average Bonchev–Trinajstić information content (AvgIpc) is 3.16. The highest BCUT2D eigenvalue weighted by molar-refractivity contribution is 5.49. The Morgan fingerprint density at radius 3 is 2.29 bits per heavy atom. The molecule has 2 N–H and O–H groups in total. The smallest absolute Gasteiger partial charge is 0.161 e. The highest BCUT2D eigenvalue weighted by Gasteiger charge is 2.38. The molecule has 1 saturated carbocycles. The first kappa shape index (κ1) is 17.5. The van der Waals surface area contributed by atoms with Crippen molar-refractivity contribution in [3.63, 3.8) is 0 Å². The number of hydrogen-bond acceptors (Lipinski definition) is 5. The van der Waals surface area contributed by atoms with Crippen LogP contribution in [-0.2, 0) is 6.42 Å². The molecule has 1 unspecified atom stereocenters. The lowest BCUT2D eigenvalue weighted by Crippen LogP contribution is -2.46. The van der Waals surface area contributed by atoms with Gasteiger partial charge < -0.3 is 19.7 Å². The zero-order chi connectivity index (χ0) is 17.1. The molecule has 5 nitrogen and oxygen atoms in total. The van der Waals surface area contributed by atoms with Gasteiger partial charge in [0.2, 0.25) is 0 Å². The summed E-state index contributed by atoms with van der Waals surface area (Å²) in [7, 11) is 3.30. The predicted molar refractivity (Wildman–Crippen MR) is 92.6 cm³/mol. The molecular formula is C19H29NO4. The molecule has 1 aromatic carbocycles. The fourth-order valence-electron chi connectivity index (χ4n) is 4.42. The number of benzene rings is 1. The molecule has 1 atom stereocenters. The molecule has 5 heteroatoms. The van der Waals surface area contributed by atoms with Gasteiger partial charge in [-0.05, 0) is 42.5 Å². The SMILES string of the molecule is COc1cc2c(cc1OC)C(C(CO)CO)N(C1CCCC1)CC2. The van der Waals surface area contributed by atoms with Gasteiger partial charge in [0, 0.05) is 37.8 Å². The number of aliphatic hydroxyl groups is 2. The van der Waals surface area contributed by atoms with Gasteiger partial charge in [0.05, 0.1) is 14.2 Å². The predicted octanol–water partition coefficient (Wildman–Crippen LogP) is 2.15. The Labute approximate surface area is 144 Å². The summed E-state index contributed by atoms with van der Waals surface area (Å²) in [4.78, 5) is 2.51. The zero-order valence-corrected chi connectivity index (χ0v) is 14.7. The summed E-state index contributed by atoms with van der Waals surface area (Å²) in [6, 6.07) is 4.68. The lowest BCUT2D eigenvalue weighted by Gasteiger charge is -2.44. The summed E-state index contributed by atoms with van der Waals surface area (Å²) in [5.74, 6) is 1.28. The van der Waals surface area contributed by atoms with Crippen LogP contribution < -0.4 is 9.47 Å². The molecule has 1 fully saturated rings. The van der Waals surface area contributed by atoms with E-state index in [1.54, 1.807) is 14.2 Å². The third-order valence-corrected chi connectivity index (χ3v) is 5.67. The van der Waals surface area contributed by atoms with E-state index in [2.05, 4.69) is 11.0 Å². The van der Waals surface area contributed by atoms with Gasteiger partial charge in [-0.3, -0.25) is 4.90 Å². The van der Waals surface area contributed by atoms with Crippen LogP contribution >= 0.6 is 0 Å². The Bertz CT molecular complexity index is 553. The number of ether oxygens (including phenoxy) is 2. The van der Waals surface area contributed by atoms with Crippen LogP contribution in [0.15, 0.2) is 12.1 Å². The van der Waals surface area contributed by atoms with Crippen molar-refractivity contribution in [3.05, 3.63) is 23.3 Å². The van der Waals surface area contributed by atoms with Crippen molar-refractivity contribution in [2.24, 2.45) is 5.92 Å². The summed E-state index contributed by atoms with van der Waals surface area (Å²) in [6.07, 6.45) is 5.93. The van der Waals surface area contributed by atoms with Gasteiger partial charge in [-0.25, -0.2) is 0 Å². The Morgan fingerprint density at radius 2 is 1.71 bits per heavy atom. The van der Waals surface area contributed by atoms with E-state index in [1.165, 1.54) is 36.8 Å². The van der Waals surface area contributed by atoms with E-state index in [1.807, 2.05) is 6.07 Å². The Kier molecular flexibility index (Phi) is 5.64. The molecule has 1 aliphatic heterocycles. The molecule has 0 spiro atoms. The van der Waals surface area contributed by atoms with Crippen molar-refractivity contribution in [3.8, 4) is 11.5 Å². The minimum absolute atomic E-state index is 0.0157. The number of nitrogens with zero attached hydrogens (tertiary/aromatic N) is 1. The van der Waals surface area contributed by atoms with Gasteiger partial charge in [-0.2, -0.15) is 0 Å². The van der Waals surface area contributed by atoms with E-state index in [-0.39, 0.29) is 25.2 Å². The molecule has 0 saturated heterocycles. The van der Waals surface area contributed by atoms with Crippen LogP contribution in [0, 0.1) is 5.92 Å². The van der Waals surface area contributed by atoms with Gasteiger partial charge in [0.1, 0.15) is 0 Å². The molecular weight excluding hydrogens is 306 g/mol. The van der Waals surface area contributed by atoms with Gasteiger partial charge in [-0.15, -0.1) is 0 Å². The van der Waals surface area contributed by atoms with Crippen LogP contribution in [0.1, 0.15) is 42.9 Å². The molecule has 1 aromatic rings. The minimum Gasteiger partial charge on any atom is -0.493 e. The molecule has 134 valence electrons. The van der Waals surface area contributed by atoms with Crippen LogP contribution in [0.2, 0.25) is 0 Å². The van der Waals surface area contributed by atoms with E-state index < -0.39 is 0 Å². The van der Waals surface area contributed by atoms with Crippen molar-refractivity contribution < 1.29 is 19.7 Å². The van der Waals surface area contributed by atoms with Crippen LogP contribution in [0.25, 0.3) is 0 Å². The molecule has 1 aliphatic carbocycles. The Balaban J connectivity index is 2.03. The first-order valence-electron chi connectivity index (χ1n) is 8.95. The zero-order valence-electron chi connectivity index (χ0n) is 14.7. The summed E-state index contributed by atoms with van der Waals surface area (Å²) < 4.78 is 10.9. The van der Waals surface area contributed by atoms with E-state index in [0.29, 0.717) is 11.8 Å². The maximum absolute atomic E-state index is 9.85. The highest BCUT2D eigenvalue weighted by atomic mass is 16.5. The molecule has 24 heavy (non-hydrogen) atoms. The second-order valence-corrected chi connectivity index (χ2v) is 6.90. The fourth-order valence-corrected chi connectivity index (χ4v) is 4.42. The number of methoxy groups -OCH3 is 2. The Morgan fingerprint density at radius 1 is 1.08 bits per heavy atom. The summed E-state index contributed by atoms with van der Waals surface area (Å²) >= 11 is 0. The highest BCUT2D eigenvalue weighted by Crippen LogP contribution is 2.43. The molecule has 2 aliphatic rings. The second-order valence-electron chi connectivity index (χ2n) is 6.90. The first-order valence-corrected chi connectivity index (χ1v) is 8.95. The van der Waals surface area contributed by atoms with E-state index in [0.717, 1.165) is 18.7 Å². The van der Waals surface area contributed by atoms with Crippen LogP contribution in [-0.4, -0.2) is 55.1 Å². The first-order chi connectivity index (χ1) is 11.7. The molecule has 3 rings (SSSR count). The minimum atomic E-state index is -0.178. The van der Waals surface area contributed by atoms with Crippen molar-refractivity contribution >= 4 is 0 Å². The molecule has 0 bridgehead atoms. The monoisotopic (exact) mass is 335 g/mol. The maximum Gasteiger partial charge on any atom is 0.161 e. The number of rotatable bonds is 6. The topological polar surface area (TPSA) is 62.2 Å². The fraction of sp³-hybridized carbons (Fsp3) is 0.684. The summed E-state index contributed by atoms with van der Waals surface area (Å²) in [6.45, 7) is 0.935. The van der Waals surface area contributed by atoms with Crippen LogP contribution in [0.5, 0.6) is 11.5 Å². The average molecular weight is 335 g/mol.